The van der Waals surface area contributed by atoms with Crippen LogP contribution in [0.25, 0.3) is 10.9 Å². The summed E-state index contributed by atoms with van der Waals surface area (Å²) in [5, 5.41) is 1.70. The average molecular weight is 525 g/mol. The summed E-state index contributed by atoms with van der Waals surface area (Å²) in [5.74, 6) is 0.282. The molecule has 0 aliphatic carbocycles. The molecule has 3 heterocycles. The molecule has 0 unspecified atom stereocenters. The van der Waals surface area contributed by atoms with Gasteiger partial charge in [0.15, 0.2) is 0 Å². The molecule has 1 saturated heterocycles. The Hall–Kier alpha value is -3.63. The summed E-state index contributed by atoms with van der Waals surface area (Å²) in [6.07, 6.45) is 2.75. The Morgan fingerprint density at radius 2 is 1.78 bits per heavy atom. The molecule has 1 amide bonds. The number of amides is 1. The number of aromatic nitrogens is 3. The quantitative estimate of drug-likeness (QED) is 0.414. The van der Waals surface area contributed by atoms with Crippen molar-refractivity contribution in [2.24, 2.45) is 0 Å². The molecular weight excluding hydrogens is 500 g/mol. The van der Waals surface area contributed by atoms with E-state index in [1.807, 2.05) is 40.7 Å². The van der Waals surface area contributed by atoms with E-state index in [-0.39, 0.29) is 23.2 Å². The van der Waals surface area contributed by atoms with Gasteiger partial charge < -0.3 is 14.4 Å². The number of piperazine rings is 1. The van der Waals surface area contributed by atoms with Crippen LogP contribution in [0.5, 0.6) is 0 Å². The lowest BCUT2D eigenvalue weighted by atomic mass is 10.2. The minimum atomic E-state index is -3.75. The number of nitrogens with one attached hydrogen (secondary N) is 1. The van der Waals surface area contributed by atoms with Crippen LogP contribution in [0.1, 0.15) is 5.69 Å². The van der Waals surface area contributed by atoms with E-state index in [2.05, 4.69) is 19.6 Å². The molecule has 4 aromatic rings. The molecule has 0 radical (unpaired) electrons. The Morgan fingerprint density at radius 1 is 1.03 bits per heavy atom. The molecule has 9 nitrogen and oxygen atoms in total. The zero-order valence-corrected chi connectivity index (χ0v) is 21.2. The van der Waals surface area contributed by atoms with Gasteiger partial charge in [-0.25, -0.2) is 18.4 Å². The lowest BCUT2D eigenvalue weighted by Gasteiger charge is -2.36. The number of benzene rings is 2. The third-order valence-electron chi connectivity index (χ3n) is 6.33. The maximum atomic E-state index is 13.1. The first kappa shape index (κ1) is 24.1. The van der Waals surface area contributed by atoms with Crippen LogP contribution in [0.3, 0.4) is 0 Å². The first-order chi connectivity index (χ1) is 17.3. The van der Waals surface area contributed by atoms with Crippen molar-refractivity contribution in [2.75, 3.05) is 35.8 Å². The summed E-state index contributed by atoms with van der Waals surface area (Å²) in [5.41, 5.74) is 2.92. The Labute approximate surface area is 214 Å². The summed E-state index contributed by atoms with van der Waals surface area (Å²) in [6.45, 7) is 4.79. The number of rotatable bonds is 6. The Kier molecular flexibility index (Phi) is 6.55. The minimum absolute atomic E-state index is 0.0717. The summed E-state index contributed by atoms with van der Waals surface area (Å²) in [7, 11) is -3.75. The summed E-state index contributed by atoms with van der Waals surface area (Å²) in [6, 6.07) is 15.9. The number of fused-ring (bicyclic) bond motifs is 1. The van der Waals surface area contributed by atoms with E-state index in [1.165, 1.54) is 18.6 Å². The zero-order valence-electron chi connectivity index (χ0n) is 19.6. The van der Waals surface area contributed by atoms with Crippen LogP contribution in [-0.2, 0) is 21.4 Å². The van der Waals surface area contributed by atoms with E-state index < -0.39 is 10.0 Å². The van der Waals surface area contributed by atoms with Crippen LogP contribution in [-0.4, -0.2) is 59.9 Å². The van der Waals surface area contributed by atoms with Crippen LogP contribution >= 0.6 is 11.6 Å². The third-order valence-corrected chi connectivity index (χ3v) is 7.94. The van der Waals surface area contributed by atoms with Gasteiger partial charge in [-0.3, -0.25) is 9.52 Å². The maximum absolute atomic E-state index is 13.1. The van der Waals surface area contributed by atoms with E-state index >= 15 is 0 Å². The van der Waals surface area contributed by atoms with Gasteiger partial charge in [-0.2, -0.15) is 0 Å². The number of nitrogens with zero attached hydrogens (tertiary/aromatic N) is 5. The smallest absolute Gasteiger partial charge is 0.263 e. The molecule has 2 aromatic carbocycles. The molecule has 5 rings (SSSR count). The predicted molar refractivity (Wildman–Crippen MR) is 140 cm³/mol. The van der Waals surface area contributed by atoms with E-state index in [4.69, 9.17) is 11.6 Å². The van der Waals surface area contributed by atoms with Gasteiger partial charge in [0, 0.05) is 59.7 Å². The number of halogens is 1. The second-order valence-corrected chi connectivity index (χ2v) is 10.8. The van der Waals surface area contributed by atoms with E-state index in [0.29, 0.717) is 31.2 Å². The fourth-order valence-electron chi connectivity index (χ4n) is 4.42. The lowest BCUT2D eigenvalue weighted by molar-refractivity contribution is -0.132. The Bertz CT molecular complexity index is 1500. The predicted octanol–water partition coefficient (Wildman–Crippen LogP) is 3.54. The number of anilines is 2. The highest BCUT2D eigenvalue weighted by Gasteiger charge is 2.23. The van der Waals surface area contributed by atoms with Crippen LogP contribution < -0.4 is 9.62 Å². The highest BCUT2D eigenvalue weighted by Crippen LogP contribution is 2.24. The maximum Gasteiger partial charge on any atom is 0.263 e. The number of carbonyl (C=O) groups is 1. The molecule has 1 aliphatic heterocycles. The SMILES string of the molecule is Cc1cc2cc(Cl)ccc2n1CC(=O)N1CCN(c2ccc(S(=O)(=O)Nc3ccncn3)cc2)CC1. The summed E-state index contributed by atoms with van der Waals surface area (Å²) < 4.78 is 29.7. The molecule has 2 aromatic heterocycles. The van der Waals surface area contributed by atoms with Gasteiger partial charge in [-0.1, -0.05) is 11.6 Å². The number of carbonyl (C=O) groups excluding carboxylic acids is 1. The highest BCUT2D eigenvalue weighted by atomic mass is 35.5. The fraction of sp³-hybridized carbons (Fsp3) is 0.240. The second kappa shape index (κ2) is 9.79. The van der Waals surface area contributed by atoms with Gasteiger partial charge >= 0.3 is 0 Å². The van der Waals surface area contributed by atoms with Crippen molar-refractivity contribution in [2.45, 2.75) is 18.4 Å². The fourth-order valence-corrected chi connectivity index (χ4v) is 5.61. The normalized spacial score (nSPS) is 14.3. The number of aryl methyl sites for hydroxylation is 1. The van der Waals surface area contributed by atoms with Crippen molar-refractivity contribution < 1.29 is 13.2 Å². The minimum Gasteiger partial charge on any atom is -0.368 e. The van der Waals surface area contributed by atoms with Gasteiger partial charge in [0.2, 0.25) is 5.91 Å². The van der Waals surface area contributed by atoms with Gasteiger partial charge in [0.25, 0.3) is 10.0 Å². The van der Waals surface area contributed by atoms with Crippen molar-refractivity contribution in [1.82, 2.24) is 19.4 Å². The van der Waals surface area contributed by atoms with Crippen LogP contribution in [0.15, 0.2) is 72.0 Å². The average Bonchev–Trinajstić information content (AvgIpc) is 3.18. The van der Waals surface area contributed by atoms with E-state index in [1.54, 1.807) is 24.3 Å². The molecule has 11 heteroatoms. The molecular formula is C25H25ClN6O3S. The molecule has 186 valence electrons. The molecule has 0 saturated carbocycles. The molecule has 0 bridgehead atoms. The van der Waals surface area contributed by atoms with Crippen LogP contribution in [0.4, 0.5) is 11.5 Å². The van der Waals surface area contributed by atoms with Crippen molar-refractivity contribution in [3.05, 3.63) is 77.8 Å². The number of hydrogen-bond acceptors (Lipinski definition) is 6. The Morgan fingerprint density at radius 3 is 2.47 bits per heavy atom. The van der Waals surface area contributed by atoms with Crippen molar-refractivity contribution in [3.8, 4) is 0 Å². The molecule has 0 atom stereocenters. The Balaban J connectivity index is 1.20. The molecule has 1 aliphatic rings. The highest BCUT2D eigenvalue weighted by molar-refractivity contribution is 7.92. The van der Waals surface area contributed by atoms with Crippen molar-refractivity contribution in [3.63, 3.8) is 0 Å². The first-order valence-corrected chi connectivity index (χ1v) is 13.3. The topological polar surface area (TPSA) is 100 Å². The van der Waals surface area contributed by atoms with Gasteiger partial charge in [0.1, 0.15) is 18.7 Å². The number of hydrogen-bond donors (Lipinski definition) is 1. The first-order valence-electron chi connectivity index (χ1n) is 11.5. The summed E-state index contributed by atoms with van der Waals surface area (Å²) >= 11 is 6.11. The number of sulfonamides is 1. The largest absolute Gasteiger partial charge is 0.368 e. The third kappa shape index (κ3) is 5.00. The van der Waals surface area contributed by atoms with Gasteiger partial charge in [-0.05, 0) is 61.5 Å². The van der Waals surface area contributed by atoms with Crippen LogP contribution in [0.2, 0.25) is 5.02 Å². The van der Waals surface area contributed by atoms with Crippen LogP contribution in [0, 0.1) is 6.92 Å². The van der Waals surface area contributed by atoms with E-state index in [0.717, 1.165) is 22.3 Å². The molecule has 36 heavy (non-hydrogen) atoms. The van der Waals surface area contributed by atoms with Gasteiger partial charge in [0.05, 0.1) is 4.90 Å². The second-order valence-electron chi connectivity index (χ2n) is 8.64. The molecule has 0 spiro atoms. The monoisotopic (exact) mass is 524 g/mol. The van der Waals surface area contributed by atoms with Gasteiger partial charge in [-0.15, -0.1) is 0 Å². The zero-order chi connectivity index (χ0) is 25.3. The van der Waals surface area contributed by atoms with Crippen molar-refractivity contribution >= 4 is 49.9 Å². The molecule has 1 fully saturated rings. The summed E-state index contributed by atoms with van der Waals surface area (Å²) in [4.78, 5) is 24.9. The van der Waals surface area contributed by atoms with E-state index in [9.17, 15) is 13.2 Å². The molecule has 1 N–H and O–H groups in total. The standard InChI is InChI=1S/C25H25ClN6O3S/c1-18-14-19-15-20(26)2-7-23(19)32(18)16-25(33)31-12-10-30(11-13-31)21-3-5-22(6-4-21)36(34,35)29-24-8-9-27-17-28-24/h2-9,14-15,17H,10-13,16H2,1H3,(H,27,28,29). The van der Waals surface area contributed by atoms with Crippen molar-refractivity contribution in [1.29, 1.82) is 0 Å². The lowest BCUT2D eigenvalue weighted by Crippen LogP contribution is -2.49.